The van der Waals surface area contributed by atoms with Crippen LogP contribution in [0.5, 0.6) is 0 Å². The Morgan fingerprint density at radius 1 is 0.326 bits per heavy atom. The summed E-state index contributed by atoms with van der Waals surface area (Å²) >= 11 is -5.05. The summed E-state index contributed by atoms with van der Waals surface area (Å²) in [5.41, 5.74) is 0. The molecule has 0 fully saturated rings. The molecule has 0 spiro atoms. The van der Waals surface area contributed by atoms with E-state index in [1.807, 2.05) is 3.58 Å². The fourth-order valence-electron chi connectivity index (χ4n) is 14.5. The first-order valence-corrected chi connectivity index (χ1v) is 58.6. The van der Waals surface area contributed by atoms with Gasteiger partial charge in [0.05, 0.1) is 0 Å². The molecule has 9 atom stereocenters. The van der Waals surface area contributed by atoms with E-state index in [1.165, 1.54) is 231 Å². The number of unbranched alkanes of at least 4 members (excludes halogenated alkanes) is 9. The van der Waals surface area contributed by atoms with Crippen LogP contribution >= 0.6 is 0 Å². The quantitative estimate of drug-likeness (QED) is 0.0610. The fraction of sp³-hybridized carbons (Fsp3) is 0.912. The zero-order valence-corrected chi connectivity index (χ0v) is 71.9. The molecule has 0 aliphatic rings. The smallest absolute Gasteiger partial charge is 1.00 e. The molecular formula is C80H161ClO2Sn3. The summed E-state index contributed by atoms with van der Waals surface area (Å²) in [5, 5.41) is 8.89. The van der Waals surface area contributed by atoms with Crippen molar-refractivity contribution in [1.82, 2.24) is 0 Å². The molecule has 0 radical (unpaired) electrons. The summed E-state index contributed by atoms with van der Waals surface area (Å²) < 4.78 is 17.0. The van der Waals surface area contributed by atoms with Gasteiger partial charge in [-0.05, 0) is 6.92 Å². The van der Waals surface area contributed by atoms with Gasteiger partial charge < -0.3 is 22.3 Å². The number of rotatable bonds is 55. The summed E-state index contributed by atoms with van der Waals surface area (Å²) in [7, 11) is 0. The Kier molecular flexibility index (Phi) is 73.9. The van der Waals surface area contributed by atoms with Crippen molar-refractivity contribution in [2.45, 2.75) is 403 Å². The Morgan fingerprint density at radius 3 is 0.640 bits per heavy atom. The van der Waals surface area contributed by atoms with Crippen LogP contribution in [-0.4, -0.2) is 63.9 Å². The summed E-state index contributed by atoms with van der Waals surface area (Å²) in [6, 6.07) is 12.1. The third kappa shape index (κ3) is 51.7. The molecule has 86 heavy (non-hydrogen) atoms. The van der Waals surface area contributed by atoms with Gasteiger partial charge >= 0.3 is 541 Å². The third-order valence-electron chi connectivity index (χ3n) is 20.8. The van der Waals surface area contributed by atoms with E-state index in [1.54, 1.807) is 39.9 Å². The Bertz CT molecular complexity index is 1290. The SMILES string of the molecule is CC(=O)[O-].CCCCC(CC)[CH2][Sn+]([CH2]C(CC)CCCC)[CH2]C(CC)CCCC.CCCCC(CC)[CH2][Sn+]([CH2]C(CC)CCCC)[CH2]C(CC)CCCC.CCCCC(CC)[CH2][Sn]([CH2]C(CC)CCCC)([CH2]C(CC)CCCC)[c]1ccccc1.[Cl-]. The molecule has 512 valence electrons. The minimum atomic E-state index is -2.56. The van der Waals surface area contributed by atoms with Crippen molar-refractivity contribution in [3.63, 3.8) is 0 Å². The van der Waals surface area contributed by atoms with E-state index in [2.05, 4.69) is 155 Å². The number of carboxylic acid groups (broad SMARTS) is 1. The van der Waals surface area contributed by atoms with Gasteiger partial charge in [0.1, 0.15) is 0 Å². The van der Waals surface area contributed by atoms with Crippen LogP contribution in [0, 0.1) is 53.3 Å². The first-order chi connectivity index (χ1) is 41.1. The molecule has 0 saturated heterocycles. The van der Waals surface area contributed by atoms with Crippen LogP contribution in [0.2, 0.25) is 39.9 Å². The summed E-state index contributed by atoms with van der Waals surface area (Å²) in [5.74, 6) is 8.23. The van der Waals surface area contributed by atoms with Crippen molar-refractivity contribution in [2.24, 2.45) is 53.3 Å². The number of hydrogen-bond acceptors (Lipinski definition) is 2. The number of carbonyl (C=O) groups excluding carboxylic acids is 1. The van der Waals surface area contributed by atoms with E-state index < -0.39 is 63.9 Å². The zero-order chi connectivity index (χ0) is 64.4. The van der Waals surface area contributed by atoms with Crippen molar-refractivity contribution >= 4 is 67.4 Å². The monoisotopic (exact) mass is 1550 g/mol. The van der Waals surface area contributed by atoms with Gasteiger partial charge in [0.2, 0.25) is 0 Å². The molecule has 2 nitrogen and oxygen atoms in total. The normalized spacial score (nSPS) is 15.1. The van der Waals surface area contributed by atoms with E-state index >= 15 is 0 Å². The number of halogens is 1. The van der Waals surface area contributed by atoms with Gasteiger partial charge in [-0.15, -0.1) is 0 Å². The number of carboxylic acids is 1. The molecule has 1 rings (SSSR count). The van der Waals surface area contributed by atoms with Crippen LogP contribution in [-0.2, 0) is 4.79 Å². The van der Waals surface area contributed by atoms with Gasteiger partial charge in [0.15, 0.2) is 0 Å². The van der Waals surface area contributed by atoms with Crippen LogP contribution < -0.4 is 21.1 Å². The molecule has 0 N–H and O–H groups in total. The van der Waals surface area contributed by atoms with Gasteiger partial charge in [0, 0.05) is 5.97 Å². The maximum Gasteiger partial charge on any atom is -1.00 e. The van der Waals surface area contributed by atoms with E-state index in [4.69, 9.17) is 9.90 Å². The van der Waals surface area contributed by atoms with Gasteiger partial charge in [0.25, 0.3) is 0 Å². The third-order valence-corrected chi connectivity index (χ3v) is 56.6. The van der Waals surface area contributed by atoms with Crippen LogP contribution in [0.15, 0.2) is 30.3 Å². The summed E-state index contributed by atoms with van der Waals surface area (Å²) in [6.45, 7) is 44.5. The maximum absolute atomic E-state index is 8.89. The summed E-state index contributed by atoms with van der Waals surface area (Å²) in [4.78, 5) is 8.89. The average molecular weight is 1550 g/mol. The Hall–Kier alpha value is 1.38. The molecule has 0 amide bonds. The van der Waals surface area contributed by atoms with Crippen LogP contribution in [0.4, 0.5) is 0 Å². The van der Waals surface area contributed by atoms with Crippen molar-refractivity contribution in [3.8, 4) is 0 Å². The first kappa shape index (κ1) is 93.8. The van der Waals surface area contributed by atoms with Gasteiger partial charge in [-0.3, -0.25) is 0 Å². The van der Waals surface area contributed by atoms with Gasteiger partial charge in [-0.2, -0.15) is 0 Å². The van der Waals surface area contributed by atoms with Gasteiger partial charge in [-0.1, -0.05) is 0 Å². The molecule has 0 bridgehead atoms. The molecule has 0 aliphatic heterocycles. The molecule has 0 saturated carbocycles. The second-order valence-corrected chi connectivity index (χ2v) is 56.2. The number of hydrogen-bond donors (Lipinski definition) is 0. The van der Waals surface area contributed by atoms with Crippen molar-refractivity contribution in [3.05, 3.63) is 30.3 Å². The summed E-state index contributed by atoms with van der Waals surface area (Å²) in [6.07, 6.45) is 51.9. The van der Waals surface area contributed by atoms with Crippen LogP contribution in [0.3, 0.4) is 0 Å². The van der Waals surface area contributed by atoms with Gasteiger partial charge in [-0.25, -0.2) is 0 Å². The standard InChI is InChI=1S/9C8H17.C6H5.C2H4O2.ClH.3Sn/c9*1-4-6-7-8(3)5-2;1-2-4-6-5-3-1;1-2(3)4;;;;/h9*8H,3-7H2,1-2H3;1-5H;1H3,(H,3,4);1H;;;/q;;;;;;;;;;;;;2*+1/p-2. The van der Waals surface area contributed by atoms with Crippen molar-refractivity contribution in [2.75, 3.05) is 0 Å². The van der Waals surface area contributed by atoms with Crippen LogP contribution in [0.1, 0.15) is 363 Å². The Labute approximate surface area is 570 Å². The zero-order valence-electron chi connectivity index (χ0n) is 62.6. The molecule has 0 aromatic heterocycles. The molecule has 6 heteroatoms. The molecule has 1 aromatic carbocycles. The second-order valence-electron chi connectivity index (χ2n) is 28.2. The predicted octanol–water partition coefficient (Wildman–Crippen LogP) is 24.0. The average Bonchev–Trinajstić information content (AvgIpc) is 3.55. The fourth-order valence-corrected chi connectivity index (χ4v) is 59.5. The number of aliphatic carboxylic acids is 1. The van der Waals surface area contributed by atoms with Crippen molar-refractivity contribution < 1.29 is 22.3 Å². The molecule has 1 aromatic rings. The van der Waals surface area contributed by atoms with Crippen molar-refractivity contribution in [1.29, 1.82) is 0 Å². The van der Waals surface area contributed by atoms with E-state index in [9.17, 15) is 0 Å². The van der Waals surface area contributed by atoms with E-state index in [-0.39, 0.29) is 12.4 Å². The first-order valence-electron chi connectivity index (χ1n) is 39.0. The number of benzene rings is 1. The second kappa shape index (κ2) is 67.8. The maximum atomic E-state index is 8.89. The minimum Gasteiger partial charge on any atom is -1.00 e. The molecule has 0 aliphatic carbocycles. The number of carbonyl (C=O) groups is 1. The van der Waals surface area contributed by atoms with Crippen LogP contribution in [0.25, 0.3) is 0 Å². The molecular weight excluding hydrogens is 1380 g/mol. The Morgan fingerprint density at radius 2 is 0.488 bits per heavy atom. The molecule has 9 unspecified atom stereocenters. The predicted molar refractivity (Wildman–Crippen MR) is 397 cm³/mol. The minimum absolute atomic E-state index is 0. The largest absolute Gasteiger partial charge is 1.00 e. The Balaban J connectivity index is -0.000000569. The molecule has 0 heterocycles. The topological polar surface area (TPSA) is 40.1 Å². The van der Waals surface area contributed by atoms with E-state index in [0.717, 1.165) is 60.2 Å². The van der Waals surface area contributed by atoms with E-state index in [0.29, 0.717) is 0 Å².